The number of ether oxygens (including phenoxy) is 1. The summed E-state index contributed by atoms with van der Waals surface area (Å²) in [6.45, 7) is 4.68. The molecule has 1 fully saturated rings. The minimum atomic E-state index is -0.223. The number of hydrogen-bond acceptors (Lipinski definition) is 3. The molecule has 2 aromatic carbocycles. The van der Waals surface area contributed by atoms with Crippen LogP contribution in [0.2, 0.25) is 5.02 Å². The maximum atomic E-state index is 12.2. The van der Waals surface area contributed by atoms with Gasteiger partial charge in [-0.3, -0.25) is 4.90 Å². The molecule has 4 heteroatoms. The smallest absolute Gasteiger partial charge is 0.338 e. The van der Waals surface area contributed by atoms with Gasteiger partial charge < -0.3 is 4.74 Å². The Morgan fingerprint density at radius 2 is 1.79 bits per heavy atom. The first-order chi connectivity index (χ1) is 11.6. The summed E-state index contributed by atoms with van der Waals surface area (Å²) in [7, 11) is 0. The van der Waals surface area contributed by atoms with E-state index in [1.807, 2.05) is 49.4 Å². The highest BCUT2D eigenvalue weighted by Crippen LogP contribution is 2.21. The fourth-order valence-corrected chi connectivity index (χ4v) is 3.16. The summed E-state index contributed by atoms with van der Waals surface area (Å²) in [6.07, 6.45) is 1.73. The Hall–Kier alpha value is -1.84. The zero-order chi connectivity index (χ0) is 16.9. The van der Waals surface area contributed by atoms with E-state index in [0.29, 0.717) is 5.56 Å². The van der Waals surface area contributed by atoms with Crippen molar-refractivity contribution >= 4 is 17.6 Å². The Morgan fingerprint density at radius 1 is 1.12 bits per heavy atom. The lowest BCUT2D eigenvalue weighted by Gasteiger charge is -2.31. The van der Waals surface area contributed by atoms with Crippen molar-refractivity contribution in [3.05, 3.63) is 70.2 Å². The van der Waals surface area contributed by atoms with Crippen LogP contribution in [0.15, 0.2) is 48.5 Å². The van der Waals surface area contributed by atoms with Crippen LogP contribution >= 0.6 is 11.6 Å². The summed E-state index contributed by atoms with van der Waals surface area (Å²) >= 11 is 6.22. The second-order valence-corrected chi connectivity index (χ2v) is 6.75. The van der Waals surface area contributed by atoms with Gasteiger partial charge in [-0.2, -0.15) is 0 Å². The number of carbonyl (C=O) groups is 1. The van der Waals surface area contributed by atoms with E-state index >= 15 is 0 Å². The van der Waals surface area contributed by atoms with Crippen molar-refractivity contribution in [2.75, 3.05) is 13.1 Å². The molecule has 0 saturated carbocycles. The topological polar surface area (TPSA) is 29.5 Å². The zero-order valence-corrected chi connectivity index (χ0v) is 14.6. The number of benzene rings is 2. The average Bonchev–Trinajstić information content (AvgIpc) is 2.59. The molecule has 0 aromatic heterocycles. The summed E-state index contributed by atoms with van der Waals surface area (Å²) < 4.78 is 5.65. The number of halogens is 1. The molecule has 0 unspecified atom stereocenters. The van der Waals surface area contributed by atoms with E-state index in [4.69, 9.17) is 16.3 Å². The maximum absolute atomic E-state index is 12.2. The van der Waals surface area contributed by atoms with Crippen molar-refractivity contribution in [2.24, 2.45) is 0 Å². The molecule has 0 spiro atoms. The third kappa shape index (κ3) is 4.37. The first kappa shape index (κ1) is 17.0. The van der Waals surface area contributed by atoms with E-state index < -0.39 is 0 Å². The molecule has 0 atom stereocenters. The van der Waals surface area contributed by atoms with Gasteiger partial charge in [0.1, 0.15) is 6.10 Å². The van der Waals surface area contributed by atoms with E-state index in [9.17, 15) is 4.79 Å². The van der Waals surface area contributed by atoms with Crippen LogP contribution < -0.4 is 0 Å². The van der Waals surface area contributed by atoms with Crippen LogP contribution in [-0.4, -0.2) is 30.1 Å². The Labute approximate surface area is 148 Å². The molecule has 1 aliphatic heterocycles. The van der Waals surface area contributed by atoms with Crippen molar-refractivity contribution < 1.29 is 9.53 Å². The standard InChI is InChI=1S/C20H22ClNO2/c1-15-6-8-16(9-7-15)20(23)24-18-10-12-22(13-11-18)14-17-4-2-3-5-19(17)21/h2-9,18H,10-14H2,1H3. The highest BCUT2D eigenvalue weighted by Gasteiger charge is 2.23. The predicted octanol–water partition coefficient (Wildman–Crippen LogP) is 4.47. The molecule has 0 radical (unpaired) electrons. The number of piperidine rings is 1. The minimum Gasteiger partial charge on any atom is -0.459 e. The number of nitrogens with zero attached hydrogens (tertiary/aromatic N) is 1. The maximum Gasteiger partial charge on any atom is 0.338 e. The number of hydrogen-bond donors (Lipinski definition) is 0. The molecular weight excluding hydrogens is 322 g/mol. The molecule has 0 bridgehead atoms. The first-order valence-electron chi connectivity index (χ1n) is 8.35. The van der Waals surface area contributed by atoms with Crippen molar-refractivity contribution in [2.45, 2.75) is 32.4 Å². The summed E-state index contributed by atoms with van der Waals surface area (Å²) in [5.41, 5.74) is 2.91. The van der Waals surface area contributed by atoms with Crippen LogP contribution in [0.25, 0.3) is 0 Å². The van der Waals surface area contributed by atoms with Gasteiger partial charge in [-0.15, -0.1) is 0 Å². The van der Waals surface area contributed by atoms with Gasteiger partial charge in [0, 0.05) is 24.7 Å². The molecule has 24 heavy (non-hydrogen) atoms. The van der Waals surface area contributed by atoms with Crippen LogP contribution in [0.3, 0.4) is 0 Å². The lowest BCUT2D eigenvalue weighted by Crippen LogP contribution is -2.37. The van der Waals surface area contributed by atoms with Crippen molar-refractivity contribution in [3.8, 4) is 0 Å². The highest BCUT2D eigenvalue weighted by atomic mass is 35.5. The second-order valence-electron chi connectivity index (χ2n) is 6.34. The molecule has 126 valence electrons. The largest absolute Gasteiger partial charge is 0.459 e. The summed E-state index contributed by atoms with van der Waals surface area (Å²) in [6, 6.07) is 15.5. The molecule has 1 heterocycles. The van der Waals surface area contributed by atoms with Crippen LogP contribution in [0.5, 0.6) is 0 Å². The Balaban J connectivity index is 1.49. The van der Waals surface area contributed by atoms with Crippen LogP contribution in [0.1, 0.15) is 34.3 Å². The Bertz CT molecular complexity index is 691. The van der Waals surface area contributed by atoms with E-state index in [0.717, 1.165) is 48.6 Å². The molecule has 3 nitrogen and oxygen atoms in total. The molecule has 3 rings (SSSR count). The number of carbonyl (C=O) groups excluding carboxylic acids is 1. The quantitative estimate of drug-likeness (QED) is 0.767. The summed E-state index contributed by atoms with van der Waals surface area (Å²) in [5.74, 6) is -0.223. The van der Waals surface area contributed by atoms with Crippen molar-refractivity contribution in [3.63, 3.8) is 0 Å². The second kappa shape index (κ2) is 7.82. The lowest BCUT2D eigenvalue weighted by molar-refractivity contribution is 0.0104. The summed E-state index contributed by atoms with van der Waals surface area (Å²) in [4.78, 5) is 14.5. The van der Waals surface area contributed by atoms with E-state index in [-0.39, 0.29) is 12.1 Å². The van der Waals surface area contributed by atoms with Gasteiger partial charge in [0.15, 0.2) is 0 Å². The lowest BCUT2D eigenvalue weighted by atomic mass is 10.1. The van der Waals surface area contributed by atoms with E-state index in [1.165, 1.54) is 0 Å². The number of likely N-dealkylation sites (tertiary alicyclic amines) is 1. The molecular formula is C20H22ClNO2. The highest BCUT2D eigenvalue weighted by molar-refractivity contribution is 6.31. The predicted molar refractivity (Wildman–Crippen MR) is 96.3 cm³/mol. The summed E-state index contributed by atoms with van der Waals surface area (Å²) in [5, 5.41) is 0.811. The van der Waals surface area contributed by atoms with E-state index in [2.05, 4.69) is 11.0 Å². The van der Waals surface area contributed by atoms with Crippen molar-refractivity contribution in [1.29, 1.82) is 0 Å². The van der Waals surface area contributed by atoms with Crippen LogP contribution in [0.4, 0.5) is 0 Å². The van der Waals surface area contributed by atoms with E-state index in [1.54, 1.807) is 0 Å². The van der Waals surface area contributed by atoms with Gasteiger partial charge in [0.25, 0.3) is 0 Å². The fourth-order valence-electron chi connectivity index (χ4n) is 2.96. The Kier molecular flexibility index (Phi) is 5.54. The SMILES string of the molecule is Cc1ccc(C(=O)OC2CCN(Cc3ccccc3Cl)CC2)cc1. The van der Waals surface area contributed by atoms with Crippen LogP contribution in [0, 0.1) is 6.92 Å². The van der Waals surface area contributed by atoms with Gasteiger partial charge in [-0.05, 0) is 43.5 Å². The monoisotopic (exact) mass is 343 g/mol. The van der Waals surface area contributed by atoms with Crippen LogP contribution in [-0.2, 0) is 11.3 Å². The van der Waals surface area contributed by atoms with Gasteiger partial charge in [0.05, 0.1) is 5.56 Å². The van der Waals surface area contributed by atoms with Gasteiger partial charge in [-0.1, -0.05) is 47.5 Å². The Morgan fingerprint density at radius 3 is 2.46 bits per heavy atom. The molecule has 1 saturated heterocycles. The third-order valence-electron chi connectivity index (χ3n) is 4.45. The average molecular weight is 344 g/mol. The third-order valence-corrected chi connectivity index (χ3v) is 4.82. The number of esters is 1. The normalized spacial score (nSPS) is 16.1. The first-order valence-corrected chi connectivity index (χ1v) is 8.73. The fraction of sp³-hybridized carbons (Fsp3) is 0.350. The number of rotatable bonds is 4. The van der Waals surface area contributed by atoms with Gasteiger partial charge in [0.2, 0.25) is 0 Å². The molecule has 0 amide bonds. The minimum absolute atomic E-state index is 0.00120. The zero-order valence-electron chi connectivity index (χ0n) is 13.9. The van der Waals surface area contributed by atoms with Gasteiger partial charge in [-0.25, -0.2) is 4.79 Å². The number of aryl methyl sites for hydroxylation is 1. The van der Waals surface area contributed by atoms with Gasteiger partial charge >= 0.3 is 5.97 Å². The molecule has 1 aliphatic rings. The van der Waals surface area contributed by atoms with Crippen molar-refractivity contribution in [1.82, 2.24) is 4.90 Å². The molecule has 0 N–H and O–H groups in total. The molecule has 0 aliphatic carbocycles. The molecule has 2 aromatic rings.